The number of rotatable bonds is 5. The van der Waals surface area contributed by atoms with Gasteiger partial charge in [-0.2, -0.15) is 0 Å². The first-order valence-corrected chi connectivity index (χ1v) is 5.63. The summed E-state index contributed by atoms with van der Waals surface area (Å²) in [6.45, 7) is 7.50. The second kappa shape index (κ2) is 9.27. The minimum Gasteiger partial charge on any atom is -0.413 e. The van der Waals surface area contributed by atoms with Gasteiger partial charge >= 0.3 is 9.76 Å². The van der Waals surface area contributed by atoms with Gasteiger partial charge in [0.15, 0.2) is 0 Å². The van der Waals surface area contributed by atoms with Crippen molar-refractivity contribution in [3.8, 4) is 0 Å². The molecule has 0 aromatic rings. The highest BCUT2D eigenvalue weighted by molar-refractivity contribution is 6.38. The summed E-state index contributed by atoms with van der Waals surface area (Å²) in [6.07, 6.45) is 2.07. The Morgan fingerprint density at radius 2 is 2.20 bits per heavy atom. The van der Waals surface area contributed by atoms with E-state index in [1.165, 1.54) is 0 Å². The first kappa shape index (κ1) is 13.7. The fraction of sp³-hybridized carbons (Fsp3) is 0.417. The Labute approximate surface area is 94.0 Å². The molecule has 2 radical (unpaired) electrons. The molecule has 0 amide bonds. The predicted octanol–water partition coefficient (Wildman–Crippen LogP) is 2.60. The van der Waals surface area contributed by atoms with Crippen LogP contribution in [0.2, 0.25) is 0 Å². The molecule has 78 valence electrons. The Balaban J connectivity index is 4.99. The molecule has 0 aromatic carbocycles. The Kier molecular flexibility index (Phi) is 8.47. The van der Waals surface area contributed by atoms with Crippen LogP contribution in [-0.2, 0) is 4.43 Å². The number of nitrogens with zero attached hydrogens (tertiary/aromatic N) is 1. The molecule has 0 aliphatic rings. The van der Waals surface area contributed by atoms with E-state index in [4.69, 9.17) is 4.43 Å². The molecule has 0 N–H and O–H groups in total. The highest BCUT2D eigenvalue weighted by Crippen LogP contribution is 1.98. The third-order valence-electron chi connectivity index (χ3n) is 1.44. The molecule has 0 aromatic heterocycles. The van der Waals surface area contributed by atoms with Crippen LogP contribution in [0.5, 0.6) is 0 Å². The van der Waals surface area contributed by atoms with Gasteiger partial charge in [0.25, 0.3) is 0 Å². The van der Waals surface area contributed by atoms with Gasteiger partial charge in [0.2, 0.25) is 0 Å². The van der Waals surface area contributed by atoms with Crippen LogP contribution in [0.3, 0.4) is 0 Å². The van der Waals surface area contributed by atoms with Gasteiger partial charge in [-0.3, -0.25) is 4.99 Å². The third-order valence-corrected chi connectivity index (χ3v) is 2.08. The van der Waals surface area contributed by atoms with E-state index in [-0.39, 0.29) is 9.76 Å². The first-order chi connectivity index (χ1) is 7.24. The van der Waals surface area contributed by atoms with Crippen molar-refractivity contribution in [3.63, 3.8) is 0 Å². The number of aliphatic imine (C=N–C) groups is 1. The average molecular weight is 217 g/mol. The summed E-state index contributed by atoms with van der Waals surface area (Å²) >= 11 is 0. The van der Waals surface area contributed by atoms with Crippen LogP contribution in [0.4, 0.5) is 0 Å². The zero-order chi connectivity index (χ0) is 11.5. The van der Waals surface area contributed by atoms with E-state index < -0.39 is 0 Å². The van der Waals surface area contributed by atoms with Gasteiger partial charge in [-0.25, -0.2) is 0 Å². The second-order valence-corrected chi connectivity index (χ2v) is 3.89. The van der Waals surface area contributed by atoms with E-state index in [9.17, 15) is 0 Å². The van der Waals surface area contributed by atoms with E-state index in [0.29, 0.717) is 0 Å². The zero-order valence-corrected chi connectivity index (χ0v) is 10.5. The van der Waals surface area contributed by atoms with Gasteiger partial charge in [0.1, 0.15) is 5.32 Å². The van der Waals surface area contributed by atoms with E-state index in [2.05, 4.69) is 41.4 Å². The molecule has 0 rings (SSSR count). The smallest absolute Gasteiger partial charge is 0.302 e. The summed E-state index contributed by atoms with van der Waals surface area (Å²) < 4.78 is 5.03. The van der Waals surface area contributed by atoms with Crippen LogP contribution in [0.1, 0.15) is 26.7 Å². The lowest BCUT2D eigenvalue weighted by atomic mass is 10.2. The lowest BCUT2D eigenvalue weighted by Crippen LogP contribution is -1.99. The Morgan fingerprint density at radius 1 is 1.47 bits per heavy atom. The summed E-state index contributed by atoms with van der Waals surface area (Å²) in [7, 11) is 1.82. The molecule has 0 saturated carbocycles. The maximum atomic E-state index is 5.03. The maximum Gasteiger partial charge on any atom is 0.302 e. The van der Waals surface area contributed by atoms with E-state index in [0.717, 1.165) is 23.9 Å². The molecule has 0 aliphatic heterocycles. The fourth-order valence-electron chi connectivity index (χ4n) is 0.916. The quantitative estimate of drug-likeness (QED) is 0.394. The van der Waals surface area contributed by atoms with Crippen molar-refractivity contribution in [2.75, 3.05) is 7.11 Å². The maximum absolute atomic E-state index is 5.03. The van der Waals surface area contributed by atoms with Gasteiger partial charge in [0.05, 0.1) is 0 Å². The van der Waals surface area contributed by atoms with E-state index in [1.54, 1.807) is 7.11 Å². The summed E-state index contributed by atoms with van der Waals surface area (Å²) in [5.41, 5.74) is 11.7. The molecule has 0 unspecified atom stereocenters. The highest BCUT2D eigenvalue weighted by Gasteiger charge is 1.97. The molecule has 0 aliphatic carbocycles. The standard InChI is InChI=1S/C12H15NOSi/c1-5-7-8-10-12(15-14-4)13-11(3)9-6-2/h1,6,9H2,2-4H3. The van der Waals surface area contributed by atoms with Crippen molar-refractivity contribution in [2.45, 2.75) is 26.7 Å². The van der Waals surface area contributed by atoms with Gasteiger partial charge in [-0.15, -0.1) is 0 Å². The Morgan fingerprint density at radius 3 is 2.73 bits per heavy atom. The minimum absolute atomic E-state index is 0.182. The second-order valence-electron chi connectivity index (χ2n) is 2.80. The molecule has 0 heterocycles. The van der Waals surface area contributed by atoms with Crippen LogP contribution in [0.25, 0.3) is 0 Å². The molecule has 0 spiro atoms. The molecule has 0 fully saturated rings. The lowest BCUT2D eigenvalue weighted by molar-refractivity contribution is 0.447. The van der Waals surface area contributed by atoms with Crippen molar-refractivity contribution < 1.29 is 4.43 Å². The molecule has 0 saturated heterocycles. The summed E-state index contributed by atoms with van der Waals surface area (Å²) in [5, 5.41) is 0.742. The highest BCUT2D eigenvalue weighted by atomic mass is 28.2. The molecule has 0 atom stereocenters. The number of hydrogen-bond donors (Lipinski definition) is 0. The summed E-state index contributed by atoms with van der Waals surface area (Å²) in [5.74, 6) is 0. The molecule has 3 heteroatoms. The Hall–Kier alpha value is -1.29. The largest absolute Gasteiger partial charge is 0.413 e. The molecular weight excluding hydrogens is 202 g/mol. The van der Waals surface area contributed by atoms with Crippen LogP contribution in [0, 0.1) is 0 Å². The van der Waals surface area contributed by atoms with Crippen molar-refractivity contribution in [1.29, 1.82) is 0 Å². The van der Waals surface area contributed by atoms with Crippen LogP contribution in [-0.4, -0.2) is 22.6 Å². The first-order valence-electron chi connectivity index (χ1n) is 4.72. The van der Waals surface area contributed by atoms with Gasteiger partial charge < -0.3 is 4.43 Å². The minimum atomic E-state index is 0.182. The summed E-state index contributed by atoms with van der Waals surface area (Å²) in [4.78, 5) is 4.39. The van der Waals surface area contributed by atoms with Crippen LogP contribution in [0.15, 0.2) is 39.8 Å². The van der Waals surface area contributed by atoms with Crippen molar-refractivity contribution >= 4 is 15.5 Å². The zero-order valence-electron chi connectivity index (χ0n) is 9.48. The van der Waals surface area contributed by atoms with Crippen molar-refractivity contribution in [1.82, 2.24) is 0 Å². The molecular formula is C12H15NOSi. The van der Waals surface area contributed by atoms with Crippen molar-refractivity contribution in [3.05, 3.63) is 34.8 Å². The predicted molar refractivity (Wildman–Crippen MR) is 64.0 cm³/mol. The normalized spacial score (nSPS) is 9.67. The molecule has 0 bridgehead atoms. The van der Waals surface area contributed by atoms with Gasteiger partial charge in [-0.05, 0) is 37.1 Å². The Bertz CT molecular complexity index is 372. The molecule has 2 nitrogen and oxygen atoms in total. The van der Waals surface area contributed by atoms with Crippen molar-refractivity contribution in [2.24, 2.45) is 4.99 Å². The van der Waals surface area contributed by atoms with Gasteiger partial charge in [-0.1, -0.05) is 19.1 Å². The lowest BCUT2D eigenvalue weighted by Gasteiger charge is -1.97. The monoisotopic (exact) mass is 217 g/mol. The third kappa shape index (κ3) is 7.75. The SMILES string of the molecule is C=C=C=C=C=C(N=C(C)CCC)[Si]OC. The average Bonchev–Trinajstić information content (AvgIpc) is 2.18. The van der Waals surface area contributed by atoms with E-state index >= 15 is 0 Å². The van der Waals surface area contributed by atoms with Crippen LogP contribution >= 0.6 is 0 Å². The van der Waals surface area contributed by atoms with Crippen LogP contribution < -0.4 is 0 Å². The number of hydrogen-bond acceptors (Lipinski definition) is 2. The van der Waals surface area contributed by atoms with E-state index in [1.807, 2.05) is 6.92 Å². The van der Waals surface area contributed by atoms with Gasteiger partial charge in [0, 0.05) is 12.8 Å². The summed E-state index contributed by atoms with van der Waals surface area (Å²) in [6, 6.07) is 0. The fourth-order valence-corrected chi connectivity index (χ4v) is 1.46. The molecule has 15 heavy (non-hydrogen) atoms. The topological polar surface area (TPSA) is 21.6 Å².